The van der Waals surface area contributed by atoms with Gasteiger partial charge in [-0.05, 0) is 30.5 Å². The van der Waals surface area contributed by atoms with E-state index in [2.05, 4.69) is 5.32 Å². The van der Waals surface area contributed by atoms with Crippen molar-refractivity contribution in [2.75, 3.05) is 6.61 Å². The number of benzene rings is 1. The van der Waals surface area contributed by atoms with Crippen LogP contribution in [0.5, 0.6) is 0 Å². The van der Waals surface area contributed by atoms with Crippen molar-refractivity contribution in [3.8, 4) is 0 Å². The van der Waals surface area contributed by atoms with Gasteiger partial charge in [0, 0.05) is 18.1 Å². The monoisotopic (exact) mass is 297 g/mol. The number of carbonyl (C=O) groups is 2. The lowest BCUT2D eigenvalue weighted by Gasteiger charge is -2.17. The highest BCUT2D eigenvalue weighted by Gasteiger charge is 2.28. The Hall–Kier alpha value is -1.59. The molecule has 0 unspecified atom stereocenters. The molecule has 108 valence electrons. The van der Waals surface area contributed by atoms with Crippen LogP contribution in [0.2, 0.25) is 5.02 Å². The molecule has 1 amide bonds. The number of hydrogen-bond acceptors (Lipinski definition) is 3. The first-order valence-corrected chi connectivity index (χ1v) is 6.83. The van der Waals surface area contributed by atoms with Crippen LogP contribution in [0.1, 0.15) is 18.4 Å². The van der Waals surface area contributed by atoms with Gasteiger partial charge in [-0.25, -0.2) is 4.79 Å². The number of ether oxygens (including phenoxy) is 1. The van der Waals surface area contributed by atoms with Gasteiger partial charge < -0.3 is 15.2 Å². The van der Waals surface area contributed by atoms with E-state index in [9.17, 15) is 14.7 Å². The van der Waals surface area contributed by atoms with Gasteiger partial charge in [0.1, 0.15) is 12.1 Å². The molecule has 2 N–H and O–H groups in total. The highest BCUT2D eigenvalue weighted by Crippen LogP contribution is 2.14. The minimum absolute atomic E-state index is 0.213. The fourth-order valence-corrected chi connectivity index (χ4v) is 2.23. The largest absolute Gasteiger partial charge is 0.480 e. The Kier molecular flexibility index (Phi) is 4.98. The van der Waals surface area contributed by atoms with Crippen molar-refractivity contribution in [1.29, 1.82) is 0 Å². The second kappa shape index (κ2) is 6.72. The molecular formula is C14H16ClNO4. The minimum atomic E-state index is -1.06. The summed E-state index contributed by atoms with van der Waals surface area (Å²) in [4.78, 5) is 23.1. The first kappa shape index (κ1) is 14.8. The number of halogens is 1. The van der Waals surface area contributed by atoms with E-state index in [0.717, 1.165) is 12.0 Å². The molecule has 1 aliphatic rings. The lowest BCUT2D eigenvalue weighted by molar-refractivity contribution is -0.143. The van der Waals surface area contributed by atoms with Crippen molar-refractivity contribution in [2.24, 2.45) is 0 Å². The van der Waals surface area contributed by atoms with E-state index in [4.69, 9.17) is 16.3 Å². The lowest BCUT2D eigenvalue weighted by Crippen LogP contribution is -2.46. The van der Waals surface area contributed by atoms with Crippen LogP contribution in [0.3, 0.4) is 0 Å². The third-order valence-electron chi connectivity index (χ3n) is 3.19. The van der Waals surface area contributed by atoms with E-state index >= 15 is 0 Å². The van der Waals surface area contributed by atoms with Gasteiger partial charge in [0.05, 0.1) is 0 Å². The summed E-state index contributed by atoms with van der Waals surface area (Å²) in [5.41, 5.74) is 0.800. The zero-order chi connectivity index (χ0) is 14.5. The van der Waals surface area contributed by atoms with Crippen LogP contribution in [0.25, 0.3) is 0 Å². The van der Waals surface area contributed by atoms with Gasteiger partial charge in [0.15, 0.2) is 0 Å². The fourth-order valence-electron chi connectivity index (χ4n) is 2.11. The van der Waals surface area contributed by atoms with Crippen LogP contribution >= 0.6 is 11.6 Å². The van der Waals surface area contributed by atoms with E-state index in [-0.39, 0.29) is 12.3 Å². The molecule has 5 nitrogen and oxygen atoms in total. The Morgan fingerprint density at radius 1 is 1.40 bits per heavy atom. The van der Waals surface area contributed by atoms with Crippen molar-refractivity contribution >= 4 is 23.5 Å². The Labute approximate surface area is 121 Å². The Balaban J connectivity index is 1.98. The van der Waals surface area contributed by atoms with E-state index in [1.165, 1.54) is 0 Å². The second-order valence-corrected chi connectivity index (χ2v) is 5.17. The first-order valence-electron chi connectivity index (χ1n) is 6.45. The predicted molar refractivity (Wildman–Crippen MR) is 73.7 cm³/mol. The molecule has 2 atom stereocenters. The Morgan fingerprint density at radius 2 is 2.10 bits per heavy atom. The summed E-state index contributed by atoms with van der Waals surface area (Å²) in [5, 5.41) is 12.3. The summed E-state index contributed by atoms with van der Waals surface area (Å²) in [6, 6.07) is 5.91. The summed E-state index contributed by atoms with van der Waals surface area (Å²) in [6.07, 6.45) is 1.15. The maximum atomic E-state index is 11.9. The van der Waals surface area contributed by atoms with Crippen molar-refractivity contribution < 1.29 is 19.4 Å². The molecule has 0 spiro atoms. The van der Waals surface area contributed by atoms with Crippen LogP contribution in [0, 0.1) is 0 Å². The Morgan fingerprint density at radius 3 is 2.65 bits per heavy atom. The number of nitrogens with one attached hydrogen (secondary N) is 1. The number of amides is 1. The molecule has 0 bridgehead atoms. The molecule has 0 saturated carbocycles. The van der Waals surface area contributed by atoms with Gasteiger partial charge in [0.2, 0.25) is 5.91 Å². The van der Waals surface area contributed by atoms with Gasteiger partial charge in [-0.15, -0.1) is 0 Å². The van der Waals surface area contributed by atoms with E-state index in [1.807, 2.05) is 0 Å². The maximum Gasteiger partial charge on any atom is 0.326 e. The SMILES string of the molecule is O=C(O)[C@@H](Cc1ccc(Cl)cc1)NC(=O)[C@H]1CCCO1. The molecule has 1 aliphatic heterocycles. The first-order chi connectivity index (χ1) is 9.56. The fraction of sp³-hybridized carbons (Fsp3) is 0.429. The smallest absolute Gasteiger partial charge is 0.326 e. The normalized spacial score (nSPS) is 19.6. The van der Waals surface area contributed by atoms with Crippen LogP contribution in [-0.2, 0) is 20.7 Å². The molecule has 1 fully saturated rings. The van der Waals surface area contributed by atoms with Gasteiger partial charge in [-0.2, -0.15) is 0 Å². The van der Waals surface area contributed by atoms with Gasteiger partial charge in [-0.3, -0.25) is 4.79 Å². The van der Waals surface area contributed by atoms with Crippen molar-refractivity contribution in [1.82, 2.24) is 5.32 Å². The molecule has 1 aromatic rings. The lowest BCUT2D eigenvalue weighted by atomic mass is 10.1. The zero-order valence-corrected chi connectivity index (χ0v) is 11.6. The molecule has 6 heteroatoms. The summed E-state index contributed by atoms with van der Waals surface area (Å²) >= 11 is 5.78. The van der Waals surface area contributed by atoms with Crippen LogP contribution in [-0.4, -0.2) is 35.7 Å². The van der Waals surface area contributed by atoms with Gasteiger partial charge >= 0.3 is 5.97 Å². The average Bonchev–Trinajstić information content (AvgIpc) is 2.94. The molecule has 1 saturated heterocycles. The van der Waals surface area contributed by atoms with Crippen LogP contribution in [0.15, 0.2) is 24.3 Å². The van der Waals surface area contributed by atoms with Gasteiger partial charge in [0.25, 0.3) is 0 Å². The number of aliphatic carboxylic acids is 1. The summed E-state index contributed by atoms with van der Waals surface area (Å²) in [7, 11) is 0. The van der Waals surface area contributed by atoms with E-state index in [0.29, 0.717) is 18.1 Å². The average molecular weight is 298 g/mol. The molecule has 1 aromatic carbocycles. The van der Waals surface area contributed by atoms with Crippen molar-refractivity contribution in [3.63, 3.8) is 0 Å². The minimum Gasteiger partial charge on any atom is -0.480 e. The topological polar surface area (TPSA) is 75.6 Å². The van der Waals surface area contributed by atoms with E-state index < -0.39 is 18.1 Å². The van der Waals surface area contributed by atoms with Crippen LogP contribution < -0.4 is 5.32 Å². The highest BCUT2D eigenvalue weighted by atomic mass is 35.5. The molecule has 0 aliphatic carbocycles. The molecule has 0 radical (unpaired) electrons. The second-order valence-electron chi connectivity index (χ2n) is 4.73. The van der Waals surface area contributed by atoms with Crippen molar-refractivity contribution in [3.05, 3.63) is 34.9 Å². The number of carbonyl (C=O) groups excluding carboxylic acids is 1. The molecule has 0 aromatic heterocycles. The van der Waals surface area contributed by atoms with Crippen LogP contribution in [0.4, 0.5) is 0 Å². The number of hydrogen-bond donors (Lipinski definition) is 2. The molecular weight excluding hydrogens is 282 g/mol. The number of carboxylic acids is 1. The summed E-state index contributed by atoms with van der Waals surface area (Å²) < 4.78 is 5.24. The number of rotatable bonds is 5. The Bertz CT molecular complexity index is 482. The highest BCUT2D eigenvalue weighted by molar-refractivity contribution is 6.30. The van der Waals surface area contributed by atoms with E-state index in [1.54, 1.807) is 24.3 Å². The zero-order valence-electron chi connectivity index (χ0n) is 10.8. The molecule has 2 rings (SSSR count). The predicted octanol–water partition coefficient (Wildman–Crippen LogP) is 1.63. The maximum absolute atomic E-state index is 11.9. The third kappa shape index (κ3) is 3.95. The van der Waals surface area contributed by atoms with Gasteiger partial charge in [-0.1, -0.05) is 23.7 Å². The quantitative estimate of drug-likeness (QED) is 0.866. The van der Waals surface area contributed by atoms with Crippen molar-refractivity contribution in [2.45, 2.75) is 31.4 Å². The summed E-state index contributed by atoms with van der Waals surface area (Å²) in [6.45, 7) is 0.549. The summed E-state index contributed by atoms with van der Waals surface area (Å²) in [5.74, 6) is -1.42. The molecule has 20 heavy (non-hydrogen) atoms. The molecule has 1 heterocycles. The standard InChI is InChI=1S/C14H16ClNO4/c15-10-5-3-9(4-6-10)8-11(14(18)19)16-13(17)12-2-1-7-20-12/h3-6,11-12H,1-2,7-8H2,(H,16,17)(H,18,19)/t11-,12-/m1/s1. The third-order valence-corrected chi connectivity index (χ3v) is 3.44. The number of carboxylic acid groups (broad SMARTS) is 1.